The normalized spacial score (nSPS) is 16.2. The molecule has 0 bridgehead atoms. The largest absolute Gasteiger partial charge is 0.497 e. The summed E-state index contributed by atoms with van der Waals surface area (Å²) in [5.74, 6) is -1.27. The Balaban J connectivity index is 3.10. The highest BCUT2D eigenvalue weighted by Crippen LogP contribution is 2.29. The van der Waals surface area contributed by atoms with Crippen LogP contribution in [0.1, 0.15) is 12.5 Å². The first-order valence-electron chi connectivity index (χ1n) is 4.63. The Morgan fingerprint density at radius 2 is 2.19 bits per heavy atom. The second-order valence-electron chi connectivity index (χ2n) is 3.58. The summed E-state index contributed by atoms with van der Waals surface area (Å²) in [4.78, 5) is 10.5. The van der Waals surface area contributed by atoms with Crippen molar-refractivity contribution in [2.45, 2.75) is 18.7 Å². The molecule has 0 aromatic heterocycles. The molecule has 0 aliphatic rings. The van der Waals surface area contributed by atoms with Gasteiger partial charge in [0.25, 0.3) is 0 Å². The van der Waals surface area contributed by atoms with Crippen LogP contribution >= 0.6 is 0 Å². The second kappa shape index (κ2) is 4.49. The van der Waals surface area contributed by atoms with Gasteiger partial charge in [-0.2, -0.15) is 0 Å². The van der Waals surface area contributed by atoms with Crippen LogP contribution < -0.4 is 4.74 Å². The first-order valence-corrected chi connectivity index (χ1v) is 4.63. The number of carbonyl (C=O) groups is 1. The van der Waals surface area contributed by atoms with Crippen molar-refractivity contribution in [2.75, 3.05) is 7.11 Å². The highest BCUT2D eigenvalue weighted by Gasteiger charge is 2.39. The van der Waals surface area contributed by atoms with Crippen molar-refractivity contribution in [3.63, 3.8) is 0 Å². The van der Waals surface area contributed by atoms with Crippen LogP contribution in [0.4, 0.5) is 4.39 Å². The first-order chi connectivity index (χ1) is 7.39. The molecule has 2 N–H and O–H groups in total. The number of methoxy groups -OCH3 is 1. The van der Waals surface area contributed by atoms with E-state index in [1.54, 1.807) is 12.1 Å². The maximum Gasteiger partial charge on any atom is 0.341 e. The average molecular weight is 228 g/mol. The molecule has 0 aliphatic heterocycles. The van der Waals surface area contributed by atoms with Gasteiger partial charge in [0.1, 0.15) is 11.4 Å². The van der Waals surface area contributed by atoms with Gasteiger partial charge in [-0.1, -0.05) is 12.1 Å². The zero-order valence-corrected chi connectivity index (χ0v) is 8.98. The van der Waals surface area contributed by atoms with Crippen molar-refractivity contribution >= 4 is 5.97 Å². The van der Waals surface area contributed by atoms with E-state index in [9.17, 15) is 14.3 Å². The number of hydrogen-bond donors (Lipinski definition) is 2. The molecule has 2 atom stereocenters. The molecule has 1 aromatic rings. The van der Waals surface area contributed by atoms with Crippen LogP contribution in [0.25, 0.3) is 0 Å². The molecule has 0 amide bonds. The van der Waals surface area contributed by atoms with Gasteiger partial charge in [-0.05, 0) is 24.6 Å². The van der Waals surface area contributed by atoms with Crippen LogP contribution in [-0.2, 0) is 10.4 Å². The fraction of sp³-hybridized carbons (Fsp3) is 0.364. The third-order valence-electron chi connectivity index (χ3n) is 2.36. The highest BCUT2D eigenvalue weighted by atomic mass is 19.1. The van der Waals surface area contributed by atoms with Crippen molar-refractivity contribution in [3.8, 4) is 5.75 Å². The minimum Gasteiger partial charge on any atom is -0.497 e. The molecule has 0 aliphatic carbocycles. The maximum atomic E-state index is 13.3. The SMILES string of the molecule is COc1cccc(C(C)(O)C(F)C(=O)O)c1. The first kappa shape index (κ1) is 12.4. The van der Waals surface area contributed by atoms with Crippen molar-refractivity contribution in [1.29, 1.82) is 0 Å². The summed E-state index contributed by atoms with van der Waals surface area (Å²) in [6, 6.07) is 6.01. The minimum atomic E-state index is -2.39. The van der Waals surface area contributed by atoms with Gasteiger partial charge in [0, 0.05) is 0 Å². The molecule has 5 heteroatoms. The maximum absolute atomic E-state index is 13.3. The number of rotatable bonds is 4. The fourth-order valence-electron chi connectivity index (χ4n) is 1.32. The number of benzene rings is 1. The molecule has 0 heterocycles. The van der Waals surface area contributed by atoms with E-state index in [4.69, 9.17) is 9.84 Å². The zero-order valence-electron chi connectivity index (χ0n) is 8.98. The summed E-state index contributed by atoms with van der Waals surface area (Å²) < 4.78 is 18.2. The van der Waals surface area contributed by atoms with E-state index in [-0.39, 0.29) is 5.56 Å². The van der Waals surface area contributed by atoms with Gasteiger partial charge >= 0.3 is 5.97 Å². The predicted molar refractivity (Wildman–Crippen MR) is 55.1 cm³/mol. The van der Waals surface area contributed by atoms with E-state index in [2.05, 4.69) is 0 Å². The highest BCUT2D eigenvalue weighted by molar-refractivity contribution is 5.74. The minimum absolute atomic E-state index is 0.154. The summed E-state index contributed by atoms with van der Waals surface area (Å²) in [5.41, 5.74) is -1.93. The standard InChI is InChI=1S/C11H13FO4/c1-11(15,9(12)10(13)14)7-4-3-5-8(6-7)16-2/h3-6,9,15H,1-2H3,(H,13,14). The molecule has 0 radical (unpaired) electrons. The van der Waals surface area contributed by atoms with Crippen LogP contribution in [0, 0.1) is 0 Å². The topological polar surface area (TPSA) is 66.8 Å². The number of aliphatic hydroxyl groups is 1. The molecule has 4 nitrogen and oxygen atoms in total. The summed E-state index contributed by atoms with van der Waals surface area (Å²) >= 11 is 0. The summed E-state index contributed by atoms with van der Waals surface area (Å²) in [7, 11) is 1.43. The van der Waals surface area contributed by atoms with Crippen molar-refractivity contribution < 1.29 is 24.1 Å². The van der Waals surface area contributed by atoms with Crippen LogP contribution in [0.5, 0.6) is 5.75 Å². The second-order valence-corrected chi connectivity index (χ2v) is 3.58. The van der Waals surface area contributed by atoms with Crippen LogP contribution in [0.3, 0.4) is 0 Å². The fourth-order valence-corrected chi connectivity index (χ4v) is 1.32. The third-order valence-corrected chi connectivity index (χ3v) is 2.36. The van der Waals surface area contributed by atoms with E-state index < -0.39 is 17.7 Å². The predicted octanol–water partition coefficient (Wildman–Crippen LogP) is 1.33. The molecule has 2 unspecified atom stereocenters. The van der Waals surface area contributed by atoms with Crippen molar-refractivity contribution in [3.05, 3.63) is 29.8 Å². The number of carboxylic acids is 1. The summed E-state index contributed by atoms with van der Waals surface area (Å²) in [6.45, 7) is 1.11. The van der Waals surface area contributed by atoms with Gasteiger partial charge in [-0.3, -0.25) is 0 Å². The molecule has 0 saturated carbocycles. The monoisotopic (exact) mass is 228 g/mol. The molecule has 1 aromatic carbocycles. The van der Waals surface area contributed by atoms with Gasteiger partial charge in [0.05, 0.1) is 7.11 Å². The Hall–Kier alpha value is -1.62. The molecule has 16 heavy (non-hydrogen) atoms. The smallest absolute Gasteiger partial charge is 0.341 e. The summed E-state index contributed by atoms with van der Waals surface area (Å²) in [5, 5.41) is 18.4. The lowest BCUT2D eigenvalue weighted by atomic mass is 9.91. The molecule has 0 spiro atoms. The number of alkyl halides is 1. The lowest BCUT2D eigenvalue weighted by Crippen LogP contribution is -2.39. The average Bonchev–Trinajstić information content (AvgIpc) is 2.27. The zero-order chi connectivity index (χ0) is 12.3. The quantitative estimate of drug-likeness (QED) is 0.815. The third kappa shape index (κ3) is 2.30. The molecular formula is C11H13FO4. The van der Waals surface area contributed by atoms with Gasteiger partial charge in [0.15, 0.2) is 0 Å². The Labute approximate surface area is 92.3 Å². The molecule has 1 rings (SSSR count). The number of halogens is 1. The number of aliphatic carboxylic acids is 1. The van der Waals surface area contributed by atoms with Gasteiger partial charge in [-0.25, -0.2) is 9.18 Å². The van der Waals surface area contributed by atoms with Crippen molar-refractivity contribution in [2.24, 2.45) is 0 Å². The van der Waals surface area contributed by atoms with E-state index in [1.807, 2.05) is 0 Å². The number of hydrogen-bond acceptors (Lipinski definition) is 3. The number of ether oxygens (including phenoxy) is 1. The summed E-state index contributed by atoms with van der Waals surface area (Å²) in [6.07, 6.45) is -2.39. The molecule has 0 saturated heterocycles. The van der Waals surface area contributed by atoms with Gasteiger partial charge in [-0.15, -0.1) is 0 Å². The molecular weight excluding hydrogens is 215 g/mol. The Bertz CT molecular complexity index is 389. The van der Waals surface area contributed by atoms with Crippen LogP contribution in [0.2, 0.25) is 0 Å². The molecule has 88 valence electrons. The van der Waals surface area contributed by atoms with E-state index >= 15 is 0 Å². The lowest BCUT2D eigenvalue weighted by Gasteiger charge is -2.25. The van der Waals surface area contributed by atoms with Crippen LogP contribution in [0.15, 0.2) is 24.3 Å². The van der Waals surface area contributed by atoms with Crippen molar-refractivity contribution in [1.82, 2.24) is 0 Å². The number of carboxylic acid groups (broad SMARTS) is 1. The Morgan fingerprint density at radius 3 is 2.69 bits per heavy atom. The van der Waals surface area contributed by atoms with Gasteiger partial charge in [0.2, 0.25) is 6.17 Å². The van der Waals surface area contributed by atoms with E-state index in [0.29, 0.717) is 5.75 Å². The Morgan fingerprint density at radius 1 is 1.56 bits per heavy atom. The molecule has 0 fully saturated rings. The van der Waals surface area contributed by atoms with Gasteiger partial charge < -0.3 is 14.9 Å². The Kier molecular flexibility index (Phi) is 3.49. The van der Waals surface area contributed by atoms with Crippen LogP contribution in [-0.4, -0.2) is 29.5 Å². The van der Waals surface area contributed by atoms with E-state index in [1.165, 1.54) is 19.2 Å². The lowest BCUT2D eigenvalue weighted by molar-refractivity contribution is -0.153. The van der Waals surface area contributed by atoms with E-state index in [0.717, 1.165) is 6.92 Å².